The maximum Gasteiger partial charge on any atom is 0.317 e. The molecule has 3 atom stereocenters. The third-order valence-corrected chi connectivity index (χ3v) is 2.98. The van der Waals surface area contributed by atoms with Crippen LogP contribution in [-0.4, -0.2) is 36.1 Å². The van der Waals surface area contributed by atoms with E-state index in [0.717, 1.165) is 19.3 Å². The number of amides is 2. The molecule has 1 heterocycles. The van der Waals surface area contributed by atoms with E-state index >= 15 is 0 Å². The van der Waals surface area contributed by atoms with Crippen LogP contribution in [0, 0.1) is 0 Å². The topological polar surface area (TPSA) is 58.4 Å². The standard InChI is InChI=1S/C8H15N3O/c1-11-7-3-2-5(9)4-6(7)10-8(11)12/h5-7H,2-4,9H2,1H3,(H,10,12). The number of nitrogens with two attached hydrogens (primary N) is 1. The molecule has 0 spiro atoms. The lowest BCUT2D eigenvalue weighted by molar-refractivity contribution is 0.205. The van der Waals surface area contributed by atoms with Crippen molar-refractivity contribution < 1.29 is 4.79 Å². The second-order valence-corrected chi connectivity index (χ2v) is 3.81. The number of hydrogen-bond donors (Lipinski definition) is 2. The number of carbonyl (C=O) groups is 1. The molecule has 3 N–H and O–H groups in total. The first-order valence-corrected chi connectivity index (χ1v) is 4.47. The highest BCUT2D eigenvalue weighted by molar-refractivity contribution is 5.77. The third-order valence-electron chi connectivity index (χ3n) is 2.98. The Kier molecular flexibility index (Phi) is 1.72. The Morgan fingerprint density at radius 3 is 3.08 bits per heavy atom. The van der Waals surface area contributed by atoms with Crippen LogP contribution in [0.15, 0.2) is 0 Å². The number of fused-ring (bicyclic) bond motifs is 1. The second-order valence-electron chi connectivity index (χ2n) is 3.81. The molecule has 2 aliphatic rings. The number of hydrogen-bond acceptors (Lipinski definition) is 2. The van der Waals surface area contributed by atoms with Gasteiger partial charge in [0.1, 0.15) is 0 Å². The molecule has 68 valence electrons. The molecular weight excluding hydrogens is 154 g/mol. The number of carbonyl (C=O) groups excluding carboxylic acids is 1. The lowest BCUT2D eigenvalue weighted by atomic mass is 9.88. The molecule has 1 aliphatic carbocycles. The van der Waals surface area contributed by atoms with Gasteiger partial charge in [-0.1, -0.05) is 0 Å². The average molecular weight is 169 g/mol. The van der Waals surface area contributed by atoms with Crippen LogP contribution >= 0.6 is 0 Å². The Balaban J connectivity index is 2.09. The molecule has 0 aromatic carbocycles. The van der Waals surface area contributed by atoms with E-state index in [-0.39, 0.29) is 12.1 Å². The van der Waals surface area contributed by atoms with Crippen LogP contribution < -0.4 is 11.1 Å². The highest BCUT2D eigenvalue weighted by Gasteiger charge is 2.40. The summed E-state index contributed by atoms with van der Waals surface area (Å²) in [5.41, 5.74) is 5.81. The van der Waals surface area contributed by atoms with Gasteiger partial charge in [-0.05, 0) is 19.3 Å². The van der Waals surface area contributed by atoms with Gasteiger partial charge in [-0.2, -0.15) is 0 Å². The Labute approximate surface area is 72.1 Å². The lowest BCUT2D eigenvalue weighted by Crippen LogP contribution is -2.44. The Hall–Kier alpha value is -0.770. The van der Waals surface area contributed by atoms with Crippen LogP contribution in [0.2, 0.25) is 0 Å². The summed E-state index contributed by atoms with van der Waals surface area (Å²) in [6.45, 7) is 0. The van der Waals surface area contributed by atoms with Crippen molar-refractivity contribution in [1.82, 2.24) is 10.2 Å². The molecule has 12 heavy (non-hydrogen) atoms. The van der Waals surface area contributed by atoms with Crippen molar-refractivity contribution in [3.63, 3.8) is 0 Å². The summed E-state index contributed by atoms with van der Waals surface area (Å²) in [7, 11) is 1.86. The zero-order valence-electron chi connectivity index (χ0n) is 7.29. The van der Waals surface area contributed by atoms with Gasteiger partial charge in [-0.15, -0.1) is 0 Å². The molecule has 1 saturated heterocycles. The predicted molar refractivity (Wildman–Crippen MR) is 45.7 cm³/mol. The van der Waals surface area contributed by atoms with Crippen LogP contribution in [-0.2, 0) is 0 Å². The lowest BCUT2D eigenvalue weighted by Gasteiger charge is -2.30. The SMILES string of the molecule is CN1C(=O)NC2CC(N)CCC21. The number of nitrogens with zero attached hydrogens (tertiary/aromatic N) is 1. The van der Waals surface area contributed by atoms with Crippen molar-refractivity contribution in [2.45, 2.75) is 37.4 Å². The van der Waals surface area contributed by atoms with Crippen LogP contribution in [0.4, 0.5) is 4.79 Å². The summed E-state index contributed by atoms with van der Waals surface area (Å²) in [6, 6.07) is 1.01. The predicted octanol–water partition coefficient (Wildman–Crippen LogP) is -0.110. The van der Waals surface area contributed by atoms with Gasteiger partial charge in [0.25, 0.3) is 0 Å². The fourth-order valence-corrected chi connectivity index (χ4v) is 2.22. The molecule has 1 aliphatic heterocycles. The normalized spacial score (nSPS) is 41.0. The largest absolute Gasteiger partial charge is 0.333 e. The molecule has 4 heteroatoms. The van der Waals surface area contributed by atoms with Crippen LogP contribution in [0.5, 0.6) is 0 Å². The number of likely N-dealkylation sites (N-methyl/N-ethyl adjacent to an activating group) is 1. The van der Waals surface area contributed by atoms with Gasteiger partial charge < -0.3 is 16.0 Å². The van der Waals surface area contributed by atoms with Gasteiger partial charge in [0.15, 0.2) is 0 Å². The fraction of sp³-hybridized carbons (Fsp3) is 0.875. The number of rotatable bonds is 0. The second kappa shape index (κ2) is 2.62. The fourth-order valence-electron chi connectivity index (χ4n) is 2.22. The van der Waals surface area contributed by atoms with Crippen molar-refractivity contribution in [2.75, 3.05) is 7.05 Å². The molecule has 1 saturated carbocycles. The monoisotopic (exact) mass is 169 g/mol. The molecular formula is C8H15N3O. The first-order chi connectivity index (χ1) is 5.68. The number of nitrogens with one attached hydrogen (secondary N) is 1. The quantitative estimate of drug-likeness (QED) is 0.531. The van der Waals surface area contributed by atoms with Gasteiger partial charge in [0.2, 0.25) is 0 Å². The highest BCUT2D eigenvalue weighted by atomic mass is 16.2. The van der Waals surface area contributed by atoms with E-state index in [4.69, 9.17) is 5.73 Å². The molecule has 2 fully saturated rings. The molecule has 0 radical (unpaired) electrons. The molecule has 0 aromatic heterocycles. The van der Waals surface area contributed by atoms with Crippen molar-refractivity contribution in [1.29, 1.82) is 0 Å². The first kappa shape index (κ1) is 7.86. The minimum Gasteiger partial charge on any atom is -0.333 e. The smallest absolute Gasteiger partial charge is 0.317 e. The maximum atomic E-state index is 11.2. The van der Waals surface area contributed by atoms with E-state index in [0.29, 0.717) is 12.1 Å². The minimum atomic E-state index is 0.0547. The number of urea groups is 1. The van der Waals surface area contributed by atoms with Gasteiger partial charge in [0.05, 0.1) is 12.1 Å². The van der Waals surface area contributed by atoms with Gasteiger partial charge >= 0.3 is 6.03 Å². The van der Waals surface area contributed by atoms with Gasteiger partial charge in [0, 0.05) is 13.1 Å². The maximum absolute atomic E-state index is 11.2. The average Bonchev–Trinajstić information content (AvgIpc) is 2.28. The van der Waals surface area contributed by atoms with Crippen molar-refractivity contribution in [3.8, 4) is 0 Å². The van der Waals surface area contributed by atoms with Gasteiger partial charge in [-0.25, -0.2) is 4.79 Å². The van der Waals surface area contributed by atoms with Gasteiger partial charge in [-0.3, -0.25) is 0 Å². The Morgan fingerprint density at radius 1 is 1.58 bits per heavy atom. The zero-order valence-corrected chi connectivity index (χ0v) is 7.29. The molecule has 2 rings (SSSR count). The third kappa shape index (κ3) is 1.06. The molecule has 3 unspecified atom stereocenters. The van der Waals surface area contributed by atoms with Crippen molar-refractivity contribution in [2.24, 2.45) is 5.73 Å². The van der Waals surface area contributed by atoms with Crippen LogP contribution in [0.25, 0.3) is 0 Å². The van der Waals surface area contributed by atoms with Crippen LogP contribution in [0.3, 0.4) is 0 Å². The van der Waals surface area contributed by atoms with E-state index in [1.165, 1.54) is 0 Å². The zero-order chi connectivity index (χ0) is 8.72. The van der Waals surface area contributed by atoms with E-state index < -0.39 is 0 Å². The first-order valence-electron chi connectivity index (χ1n) is 4.47. The van der Waals surface area contributed by atoms with E-state index in [9.17, 15) is 4.79 Å². The minimum absolute atomic E-state index is 0.0547. The van der Waals surface area contributed by atoms with Crippen molar-refractivity contribution >= 4 is 6.03 Å². The Morgan fingerprint density at radius 2 is 2.33 bits per heavy atom. The summed E-state index contributed by atoms with van der Waals surface area (Å²) in [5.74, 6) is 0. The van der Waals surface area contributed by atoms with E-state index in [1.807, 2.05) is 7.05 Å². The summed E-state index contributed by atoms with van der Waals surface area (Å²) in [5, 5.41) is 2.94. The molecule has 4 nitrogen and oxygen atoms in total. The summed E-state index contributed by atoms with van der Waals surface area (Å²) in [6.07, 6.45) is 3.02. The molecule has 0 bridgehead atoms. The summed E-state index contributed by atoms with van der Waals surface area (Å²) in [4.78, 5) is 13.0. The van der Waals surface area contributed by atoms with Crippen LogP contribution in [0.1, 0.15) is 19.3 Å². The van der Waals surface area contributed by atoms with Crippen molar-refractivity contribution in [3.05, 3.63) is 0 Å². The van der Waals surface area contributed by atoms with E-state index in [1.54, 1.807) is 4.90 Å². The Bertz CT molecular complexity index is 206. The molecule has 0 aromatic rings. The summed E-state index contributed by atoms with van der Waals surface area (Å²) < 4.78 is 0. The highest BCUT2D eigenvalue weighted by Crippen LogP contribution is 2.25. The summed E-state index contributed by atoms with van der Waals surface area (Å²) >= 11 is 0. The molecule has 2 amide bonds. The van der Waals surface area contributed by atoms with E-state index in [2.05, 4.69) is 5.32 Å².